The van der Waals surface area contributed by atoms with Gasteiger partial charge in [-0.1, -0.05) is 43.7 Å². The average Bonchev–Trinajstić information content (AvgIpc) is 3.20. The van der Waals surface area contributed by atoms with E-state index in [2.05, 4.69) is 4.98 Å². The molecule has 1 aromatic heterocycles. The molecule has 2 N–H and O–H groups in total. The normalized spacial score (nSPS) is 9.32. The highest BCUT2D eigenvalue weighted by Gasteiger charge is 2.11. The summed E-state index contributed by atoms with van der Waals surface area (Å²) in [5, 5.41) is 19.0. The fourth-order valence-corrected chi connectivity index (χ4v) is 2.78. The van der Waals surface area contributed by atoms with Crippen molar-refractivity contribution in [1.82, 2.24) is 4.98 Å². The summed E-state index contributed by atoms with van der Waals surface area (Å²) in [6.07, 6.45) is 1.72. The number of rotatable bonds is 3. The first-order valence-corrected chi connectivity index (χ1v) is 8.81. The molecule has 0 bridgehead atoms. The Morgan fingerprint density at radius 2 is 1.56 bits per heavy atom. The lowest BCUT2D eigenvalue weighted by Crippen LogP contribution is -1.97. The minimum atomic E-state index is -0.929. The van der Waals surface area contributed by atoms with E-state index in [0.29, 0.717) is 0 Å². The summed E-state index contributed by atoms with van der Waals surface area (Å²) in [7, 11) is 1.00. The zero-order chi connectivity index (χ0) is 18.8. The Hall–Kier alpha value is -2.50. The van der Waals surface area contributed by atoms with Gasteiger partial charge in [-0.25, -0.2) is 9.78 Å². The number of carboxylic acids is 1. The standard InChI is InChI=1S/C17H13NO2S.C2H6.CH4O/c1-11-2-4-12(5-3-11)13-8-14(16-18-6-7-21-16)10-15(9-13)17(19)20;2*1-2/h2-10H,1H3,(H,19,20);1-2H3;2H,1H3. The van der Waals surface area contributed by atoms with Gasteiger partial charge in [-0.2, -0.15) is 0 Å². The second kappa shape index (κ2) is 10.4. The maximum absolute atomic E-state index is 11.3. The molecule has 0 aliphatic carbocycles. The molecule has 2 aromatic carbocycles. The summed E-state index contributed by atoms with van der Waals surface area (Å²) in [5.41, 5.74) is 4.17. The zero-order valence-corrected chi connectivity index (χ0v) is 15.7. The third kappa shape index (κ3) is 5.52. The van der Waals surface area contributed by atoms with Gasteiger partial charge in [0, 0.05) is 24.3 Å². The largest absolute Gasteiger partial charge is 0.478 e. The monoisotopic (exact) mass is 357 g/mol. The van der Waals surface area contributed by atoms with Gasteiger partial charge in [-0.05, 0) is 36.2 Å². The van der Waals surface area contributed by atoms with Crippen molar-refractivity contribution in [2.24, 2.45) is 0 Å². The van der Waals surface area contributed by atoms with E-state index in [-0.39, 0.29) is 5.56 Å². The van der Waals surface area contributed by atoms with E-state index in [4.69, 9.17) is 5.11 Å². The van der Waals surface area contributed by atoms with Crippen LogP contribution >= 0.6 is 11.3 Å². The lowest BCUT2D eigenvalue weighted by atomic mass is 9.99. The SMILES string of the molecule is CC.CO.Cc1ccc(-c2cc(C(=O)O)cc(-c3nccs3)c2)cc1. The molecule has 0 unspecified atom stereocenters. The van der Waals surface area contributed by atoms with Gasteiger partial charge < -0.3 is 10.2 Å². The number of carboxylic acid groups (broad SMARTS) is 1. The van der Waals surface area contributed by atoms with Gasteiger partial charge in [-0.15, -0.1) is 11.3 Å². The van der Waals surface area contributed by atoms with Crippen molar-refractivity contribution in [2.45, 2.75) is 20.8 Å². The van der Waals surface area contributed by atoms with Crippen LogP contribution in [0.3, 0.4) is 0 Å². The van der Waals surface area contributed by atoms with Gasteiger partial charge in [0.15, 0.2) is 0 Å². The van der Waals surface area contributed by atoms with Gasteiger partial charge in [0.05, 0.1) is 5.56 Å². The van der Waals surface area contributed by atoms with Gasteiger partial charge >= 0.3 is 5.97 Å². The minimum absolute atomic E-state index is 0.276. The van der Waals surface area contributed by atoms with Gasteiger partial charge in [0.2, 0.25) is 0 Å². The van der Waals surface area contributed by atoms with Crippen LogP contribution in [-0.4, -0.2) is 28.3 Å². The quantitative estimate of drug-likeness (QED) is 0.682. The van der Waals surface area contributed by atoms with Crippen LogP contribution in [0.4, 0.5) is 0 Å². The van der Waals surface area contributed by atoms with Gasteiger partial charge in [0.25, 0.3) is 0 Å². The highest BCUT2D eigenvalue weighted by molar-refractivity contribution is 7.13. The summed E-state index contributed by atoms with van der Waals surface area (Å²) >= 11 is 1.50. The Balaban J connectivity index is 0.000000730. The van der Waals surface area contributed by atoms with E-state index >= 15 is 0 Å². The van der Waals surface area contributed by atoms with Crippen LogP contribution in [-0.2, 0) is 0 Å². The highest BCUT2D eigenvalue weighted by atomic mass is 32.1. The van der Waals surface area contributed by atoms with Crippen molar-refractivity contribution in [3.63, 3.8) is 0 Å². The van der Waals surface area contributed by atoms with E-state index in [1.807, 2.05) is 56.5 Å². The Kier molecular flexibility index (Phi) is 8.53. The third-order valence-corrected chi connectivity index (χ3v) is 4.07. The Labute approximate surface area is 152 Å². The second-order valence-electron chi connectivity index (χ2n) is 4.81. The smallest absolute Gasteiger partial charge is 0.335 e. The predicted octanol–water partition coefficient (Wildman–Crippen LogP) is 5.12. The molecule has 1 heterocycles. The first-order chi connectivity index (χ1) is 12.1. The average molecular weight is 357 g/mol. The van der Waals surface area contributed by atoms with Crippen LogP contribution in [0.15, 0.2) is 54.0 Å². The number of thiazole rings is 1. The fraction of sp³-hybridized carbons (Fsp3) is 0.200. The number of hydrogen-bond acceptors (Lipinski definition) is 4. The Bertz CT molecular complexity index is 781. The molecule has 0 amide bonds. The van der Waals surface area contributed by atoms with E-state index < -0.39 is 5.97 Å². The number of aromatic carboxylic acids is 1. The van der Waals surface area contributed by atoms with Crippen LogP contribution < -0.4 is 0 Å². The van der Waals surface area contributed by atoms with Crippen LogP contribution in [0.25, 0.3) is 21.7 Å². The first-order valence-electron chi connectivity index (χ1n) is 7.93. The highest BCUT2D eigenvalue weighted by Crippen LogP contribution is 2.29. The summed E-state index contributed by atoms with van der Waals surface area (Å²) in [4.78, 5) is 15.6. The minimum Gasteiger partial charge on any atom is -0.478 e. The van der Waals surface area contributed by atoms with Crippen molar-refractivity contribution in [3.05, 3.63) is 65.2 Å². The van der Waals surface area contributed by atoms with Crippen LogP contribution in [0.1, 0.15) is 29.8 Å². The first kappa shape index (κ1) is 20.5. The van der Waals surface area contributed by atoms with Crippen molar-refractivity contribution >= 4 is 17.3 Å². The number of aryl methyl sites for hydroxylation is 1. The number of hydrogen-bond donors (Lipinski definition) is 2. The molecule has 0 spiro atoms. The molecule has 5 heteroatoms. The molecule has 0 atom stereocenters. The zero-order valence-electron chi connectivity index (χ0n) is 14.9. The summed E-state index contributed by atoms with van der Waals surface area (Å²) in [5.74, 6) is -0.929. The number of aliphatic hydroxyl groups is 1. The topological polar surface area (TPSA) is 70.4 Å². The maximum Gasteiger partial charge on any atom is 0.335 e. The third-order valence-electron chi connectivity index (χ3n) is 3.24. The van der Waals surface area contributed by atoms with Gasteiger partial charge in [-0.3, -0.25) is 0 Å². The molecule has 3 rings (SSSR count). The Morgan fingerprint density at radius 1 is 0.960 bits per heavy atom. The molecule has 0 saturated heterocycles. The van der Waals surface area contributed by atoms with Crippen LogP contribution in [0, 0.1) is 6.92 Å². The van der Waals surface area contributed by atoms with E-state index in [9.17, 15) is 9.90 Å². The molecule has 0 radical (unpaired) electrons. The summed E-state index contributed by atoms with van der Waals surface area (Å²) < 4.78 is 0. The number of carbonyl (C=O) groups is 1. The lowest BCUT2D eigenvalue weighted by molar-refractivity contribution is 0.0697. The van der Waals surface area contributed by atoms with Gasteiger partial charge in [0.1, 0.15) is 5.01 Å². The molecule has 0 fully saturated rings. The van der Waals surface area contributed by atoms with Crippen molar-refractivity contribution in [2.75, 3.05) is 7.11 Å². The molecular weight excluding hydrogens is 334 g/mol. The number of aromatic nitrogens is 1. The Morgan fingerprint density at radius 3 is 2.08 bits per heavy atom. The molecule has 0 aliphatic rings. The van der Waals surface area contributed by atoms with Crippen molar-refractivity contribution in [1.29, 1.82) is 0 Å². The molecule has 132 valence electrons. The van der Waals surface area contributed by atoms with Crippen LogP contribution in [0.2, 0.25) is 0 Å². The predicted molar refractivity (Wildman–Crippen MR) is 104 cm³/mol. The molecule has 3 aromatic rings. The number of nitrogens with zero attached hydrogens (tertiary/aromatic N) is 1. The van der Waals surface area contributed by atoms with Crippen molar-refractivity contribution in [3.8, 4) is 21.7 Å². The van der Waals surface area contributed by atoms with E-state index in [1.165, 1.54) is 16.9 Å². The molecular formula is C20H23NO3S. The molecule has 25 heavy (non-hydrogen) atoms. The van der Waals surface area contributed by atoms with Crippen molar-refractivity contribution < 1.29 is 15.0 Å². The summed E-state index contributed by atoms with van der Waals surface area (Å²) in [6.45, 7) is 6.03. The van der Waals surface area contributed by atoms with E-state index in [1.54, 1.807) is 18.3 Å². The molecule has 0 saturated carbocycles. The van der Waals surface area contributed by atoms with Crippen LogP contribution in [0.5, 0.6) is 0 Å². The van der Waals surface area contributed by atoms with E-state index in [0.717, 1.165) is 28.8 Å². The fourth-order valence-electron chi connectivity index (χ4n) is 2.15. The number of benzene rings is 2. The number of aliphatic hydroxyl groups excluding tert-OH is 1. The summed E-state index contributed by atoms with van der Waals surface area (Å²) in [6, 6.07) is 13.4. The second-order valence-corrected chi connectivity index (χ2v) is 5.70. The lowest BCUT2D eigenvalue weighted by Gasteiger charge is -2.07. The molecule has 0 aliphatic heterocycles. The maximum atomic E-state index is 11.3. The molecule has 4 nitrogen and oxygen atoms in total.